The molecule has 1 heterocycles. The lowest BCUT2D eigenvalue weighted by atomic mass is 10.2. The van der Waals surface area contributed by atoms with Gasteiger partial charge < -0.3 is 19.8 Å². The Kier molecular flexibility index (Phi) is 4.12. The van der Waals surface area contributed by atoms with Crippen molar-refractivity contribution >= 4 is 34.1 Å². The monoisotopic (exact) mass is 330 g/mol. The molecule has 118 valence electrons. The molecule has 0 fully saturated rings. The van der Waals surface area contributed by atoms with E-state index < -0.39 is 0 Å². The number of aromatic amines is 1. The first-order chi connectivity index (χ1) is 11.1. The summed E-state index contributed by atoms with van der Waals surface area (Å²) in [6, 6.07) is 12.4. The van der Waals surface area contributed by atoms with Gasteiger partial charge in [-0.1, -0.05) is 11.6 Å². The number of carbonyl (C=O) groups excluding carboxylic acids is 1. The Morgan fingerprint density at radius 1 is 1.09 bits per heavy atom. The van der Waals surface area contributed by atoms with E-state index in [-0.39, 0.29) is 5.91 Å². The third-order valence-electron chi connectivity index (χ3n) is 3.48. The van der Waals surface area contributed by atoms with Crippen molar-refractivity contribution in [1.29, 1.82) is 0 Å². The quantitative estimate of drug-likeness (QED) is 0.757. The topological polar surface area (TPSA) is 63.4 Å². The minimum atomic E-state index is -0.277. The summed E-state index contributed by atoms with van der Waals surface area (Å²) in [5, 5.41) is 4.21. The maximum atomic E-state index is 12.4. The van der Waals surface area contributed by atoms with Gasteiger partial charge in [0.2, 0.25) is 0 Å². The number of rotatable bonds is 4. The first kappa shape index (κ1) is 15.2. The molecule has 3 rings (SSSR count). The molecule has 1 aromatic heterocycles. The fraction of sp³-hybridized carbons (Fsp3) is 0.118. The number of carbonyl (C=O) groups is 1. The number of benzene rings is 2. The molecule has 2 N–H and O–H groups in total. The fourth-order valence-corrected chi connectivity index (χ4v) is 2.50. The van der Waals surface area contributed by atoms with Crippen molar-refractivity contribution in [1.82, 2.24) is 4.98 Å². The number of hydrogen-bond acceptors (Lipinski definition) is 3. The van der Waals surface area contributed by atoms with Crippen LogP contribution in [0, 0.1) is 0 Å². The third-order valence-corrected chi connectivity index (χ3v) is 3.72. The summed E-state index contributed by atoms with van der Waals surface area (Å²) in [6.07, 6.45) is 0. The number of amides is 1. The molecule has 0 spiro atoms. The number of ether oxygens (including phenoxy) is 2. The Morgan fingerprint density at radius 3 is 2.65 bits per heavy atom. The Labute approximate surface area is 138 Å². The van der Waals surface area contributed by atoms with Crippen molar-refractivity contribution in [3.8, 4) is 11.5 Å². The lowest BCUT2D eigenvalue weighted by Gasteiger charge is -2.09. The zero-order chi connectivity index (χ0) is 16.4. The second-order valence-corrected chi connectivity index (χ2v) is 5.37. The highest BCUT2D eigenvalue weighted by atomic mass is 35.5. The number of H-pyrrole nitrogens is 1. The van der Waals surface area contributed by atoms with E-state index in [9.17, 15) is 4.79 Å². The largest absolute Gasteiger partial charge is 0.497 e. The minimum absolute atomic E-state index is 0.277. The molecule has 0 saturated heterocycles. The van der Waals surface area contributed by atoms with Crippen LogP contribution in [0.4, 0.5) is 5.69 Å². The fourth-order valence-electron chi connectivity index (χ4n) is 2.33. The number of fused-ring (bicyclic) bond motifs is 1. The summed E-state index contributed by atoms with van der Waals surface area (Å²) in [7, 11) is 3.14. The average Bonchev–Trinajstić information content (AvgIpc) is 2.98. The van der Waals surface area contributed by atoms with E-state index in [0.29, 0.717) is 22.2 Å². The summed E-state index contributed by atoms with van der Waals surface area (Å²) in [5.74, 6) is 1.00. The van der Waals surface area contributed by atoms with Crippen LogP contribution < -0.4 is 14.8 Å². The molecule has 6 heteroatoms. The van der Waals surface area contributed by atoms with Crippen LogP contribution >= 0.6 is 11.6 Å². The van der Waals surface area contributed by atoms with E-state index in [1.165, 1.54) is 7.11 Å². The number of halogens is 1. The second kappa shape index (κ2) is 6.22. The van der Waals surface area contributed by atoms with Gasteiger partial charge in [0.05, 0.1) is 19.9 Å². The second-order valence-electron chi connectivity index (χ2n) is 4.93. The SMILES string of the molecule is COc1ccc2[nH]c(C(=O)Nc3cc(Cl)ccc3OC)cc2c1. The molecule has 23 heavy (non-hydrogen) atoms. The molecule has 0 unspecified atom stereocenters. The van der Waals surface area contributed by atoms with Crippen LogP contribution in [0.25, 0.3) is 10.9 Å². The molecular formula is C17H15ClN2O3. The molecule has 0 bridgehead atoms. The molecule has 5 nitrogen and oxygen atoms in total. The van der Waals surface area contributed by atoms with Gasteiger partial charge in [-0.3, -0.25) is 4.79 Å². The van der Waals surface area contributed by atoms with Gasteiger partial charge in [-0.25, -0.2) is 0 Å². The highest BCUT2D eigenvalue weighted by molar-refractivity contribution is 6.31. The summed E-state index contributed by atoms with van der Waals surface area (Å²) >= 11 is 5.97. The number of methoxy groups -OCH3 is 2. The van der Waals surface area contributed by atoms with Gasteiger partial charge in [0.25, 0.3) is 5.91 Å². The van der Waals surface area contributed by atoms with Crippen molar-refractivity contribution in [3.63, 3.8) is 0 Å². The number of hydrogen-bond donors (Lipinski definition) is 2. The zero-order valence-electron chi connectivity index (χ0n) is 12.6. The Balaban J connectivity index is 1.90. The first-order valence-electron chi connectivity index (χ1n) is 6.92. The van der Waals surface area contributed by atoms with Gasteiger partial charge in [-0.2, -0.15) is 0 Å². The number of aromatic nitrogens is 1. The van der Waals surface area contributed by atoms with Crippen molar-refractivity contribution in [3.05, 3.63) is 53.2 Å². The molecule has 1 amide bonds. The highest BCUT2D eigenvalue weighted by Gasteiger charge is 2.13. The zero-order valence-corrected chi connectivity index (χ0v) is 13.4. The van der Waals surface area contributed by atoms with E-state index in [2.05, 4.69) is 10.3 Å². The molecule has 0 radical (unpaired) electrons. The van der Waals surface area contributed by atoms with Crippen molar-refractivity contribution in [2.45, 2.75) is 0 Å². The standard InChI is InChI=1S/C17H15ClN2O3/c1-22-12-4-5-13-10(7-12)8-15(19-13)17(21)20-14-9-11(18)3-6-16(14)23-2/h3-9,19H,1-2H3,(H,20,21). The average molecular weight is 331 g/mol. The summed E-state index contributed by atoms with van der Waals surface area (Å²) < 4.78 is 10.4. The predicted molar refractivity (Wildman–Crippen MR) is 90.8 cm³/mol. The third kappa shape index (κ3) is 3.10. The van der Waals surface area contributed by atoms with Gasteiger partial charge in [0, 0.05) is 15.9 Å². The van der Waals surface area contributed by atoms with E-state index >= 15 is 0 Å². The molecule has 0 aliphatic heterocycles. The summed E-state index contributed by atoms with van der Waals surface area (Å²) in [5.41, 5.74) is 1.81. The van der Waals surface area contributed by atoms with Crippen LogP contribution in [-0.2, 0) is 0 Å². The molecule has 3 aromatic rings. The number of anilines is 1. The van der Waals surface area contributed by atoms with Crippen LogP contribution in [0.5, 0.6) is 11.5 Å². The Bertz CT molecular complexity index is 873. The Hall–Kier alpha value is -2.66. The van der Waals surface area contributed by atoms with Gasteiger partial charge in [-0.05, 0) is 42.5 Å². The van der Waals surface area contributed by atoms with E-state index in [1.807, 2.05) is 18.2 Å². The Morgan fingerprint density at radius 2 is 1.91 bits per heavy atom. The lowest BCUT2D eigenvalue weighted by molar-refractivity contribution is 0.102. The van der Waals surface area contributed by atoms with E-state index in [0.717, 1.165) is 16.7 Å². The van der Waals surface area contributed by atoms with Crippen LogP contribution in [0.2, 0.25) is 5.02 Å². The normalized spacial score (nSPS) is 10.6. The van der Waals surface area contributed by atoms with Crippen LogP contribution in [0.15, 0.2) is 42.5 Å². The molecule has 0 aliphatic carbocycles. The van der Waals surface area contributed by atoms with E-state index in [4.69, 9.17) is 21.1 Å². The first-order valence-corrected chi connectivity index (χ1v) is 7.30. The minimum Gasteiger partial charge on any atom is -0.497 e. The van der Waals surface area contributed by atoms with Crippen molar-refractivity contribution in [2.24, 2.45) is 0 Å². The van der Waals surface area contributed by atoms with Crippen molar-refractivity contribution < 1.29 is 14.3 Å². The maximum Gasteiger partial charge on any atom is 0.272 e. The molecule has 0 atom stereocenters. The van der Waals surface area contributed by atoms with Crippen LogP contribution in [0.1, 0.15) is 10.5 Å². The van der Waals surface area contributed by atoms with Crippen LogP contribution in [-0.4, -0.2) is 25.1 Å². The predicted octanol–water partition coefficient (Wildman–Crippen LogP) is 4.09. The van der Waals surface area contributed by atoms with Crippen molar-refractivity contribution in [2.75, 3.05) is 19.5 Å². The molecule has 2 aromatic carbocycles. The molecule has 0 saturated carbocycles. The van der Waals surface area contributed by atoms with Gasteiger partial charge >= 0.3 is 0 Å². The highest BCUT2D eigenvalue weighted by Crippen LogP contribution is 2.28. The smallest absolute Gasteiger partial charge is 0.272 e. The van der Waals surface area contributed by atoms with Gasteiger partial charge in [0.1, 0.15) is 17.2 Å². The van der Waals surface area contributed by atoms with Gasteiger partial charge in [0.15, 0.2) is 0 Å². The maximum absolute atomic E-state index is 12.4. The van der Waals surface area contributed by atoms with Crippen LogP contribution in [0.3, 0.4) is 0 Å². The molecule has 0 aliphatic rings. The molecular weight excluding hydrogens is 316 g/mol. The van der Waals surface area contributed by atoms with E-state index in [1.54, 1.807) is 31.4 Å². The summed E-state index contributed by atoms with van der Waals surface area (Å²) in [6.45, 7) is 0. The lowest BCUT2D eigenvalue weighted by Crippen LogP contribution is -2.13. The number of nitrogens with one attached hydrogen (secondary N) is 2. The van der Waals surface area contributed by atoms with Gasteiger partial charge in [-0.15, -0.1) is 0 Å². The summed E-state index contributed by atoms with van der Waals surface area (Å²) in [4.78, 5) is 15.5.